The molecule has 0 saturated carbocycles. The number of sulfone groups is 1. The molecule has 18 heavy (non-hydrogen) atoms. The van der Waals surface area contributed by atoms with Crippen molar-refractivity contribution in [1.82, 2.24) is 9.78 Å². The van der Waals surface area contributed by atoms with Crippen molar-refractivity contribution in [1.29, 1.82) is 0 Å². The first-order valence-electron chi connectivity index (χ1n) is 5.89. The molecule has 0 amide bonds. The van der Waals surface area contributed by atoms with E-state index in [2.05, 4.69) is 5.10 Å². The van der Waals surface area contributed by atoms with E-state index in [0.717, 1.165) is 11.1 Å². The SMILES string of the molecule is CCS(=O)(=O)CCn1cc(-c2ccccc2)cn1. The third kappa shape index (κ3) is 3.20. The largest absolute Gasteiger partial charge is 0.271 e. The van der Waals surface area contributed by atoms with Gasteiger partial charge in [-0.2, -0.15) is 5.10 Å². The van der Waals surface area contributed by atoms with E-state index in [4.69, 9.17) is 0 Å². The summed E-state index contributed by atoms with van der Waals surface area (Å²) in [6.45, 7) is 2.07. The van der Waals surface area contributed by atoms with E-state index in [9.17, 15) is 8.42 Å². The average Bonchev–Trinajstić information content (AvgIpc) is 2.86. The zero-order chi connectivity index (χ0) is 13.0. The first-order chi connectivity index (χ1) is 8.61. The first kappa shape index (κ1) is 12.8. The van der Waals surface area contributed by atoms with Gasteiger partial charge in [0.2, 0.25) is 0 Å². The minimum absolute atomic E-state index is 0.138. The summed E-state index contributed by atoms with van der Waals surface area (Å²) in [4.78, 5) is 0. The van der Waals surface area contributed by atoms with Gasteiger partial charge < -0.3 is 0 Å². The normalized spacial score (nSPS) is 11.6. The number of benzene rings is 1. The minimum Gasteiger partial charge on any atom is -0.271 e. The summed E-state index contributed by atoms with van der Waals surface area (Å²) in [5.74, 6) is 0.319. The highest BCUT2D eigenvalue weighted by Gasteiger charge is 2.08. The van der Waals surface area contributed by atoms with E-state index in [0.29, 0.717) is 6.54 Å². The van der Waals surface area contributed by atoms with Gasteiger partial charge in [-0.3, -0.25) is 4.68 Å². The number of hydrogen-bond donors (Lipinski definition) is 0. The molecule has 0 spiro atoms. The summed E-state index contributed by atoms with van der Waals surface area (Å²) >= 11 is 0. The van der Waals surface area contributed by atoms with Gasteiger partial charge in [0.05, 0.1) is 18.5 Å². The van der Waals surface area contributed by atoms with Crippen molar-refractivity contribution in [3.8, 4) is 11.1 Å². The highest BCUT2D eigenvalue weighted by Crippen LogP contribution is 2.17. The Morgan fingerprint density at radius 2 is 1.89 bits per heavy atom. The Labute approximate surface area is 107 Å². The van der Waals surface area contributed by atoms with Crippen molar-refractivity contribution >= 4 is 9.84 Å². The lowest BCUT2D eigenvalue weighted by atomic mass is 10.1. The fourth-order valence-corrected chi connectivity index (χ4v) is 2.40. The van der Waals surface area contributed by atoms with Crippen molar-refractivity contribution in [3.63, 3.8) is 0 Å². The summed E-state index contributed by atoms with van der Waals surface area (Å²) in [5, 5.41) is 4.18. The molecule has 0 saturated heterocycles. The zero-order valence-corrected chi connectivity index (χ0v) is 11.1. The van der Waals surface area contributed by atoms with Crippen LogP contribution in [0.3, 0.4) is 0 Å². The number of aryl methyl sites for hydroxylation is 1. The number of aromatic nitrogens is 2. The highest BCUT2D eigenvalue weighted by molar-refractivity contribution is 7.91. The smallest absolute Gasteiger partial charge is 0.151 e. The van der Waals surface area contributed by atoms with Crippen LogP contribution in [0.2, 0.25) is 0 Å². The Hall–Kier alpha value is -1.62. The van der Waals surface area contributed by atoms with E-state index in [1.807, 2.05) is 36.5 Å². The minimum atomic E-state index is -2.93. The third-order valence-electron chi connectivity index (χ3n) is 2.81. The second-order valence-electron chi connectivity index (χ2n) is 4.09. The van der Waals surface area contributed by atoms with E-state index >= 15 is 0 Å². The van der Waals surface area contributed by atoms with E-state index in [1.165, 1.54) is 0 Å². The molecular weight excluding hydrogens is 248 g/mol. The van der Waals surface area contributed by atoms with Gasteiger partial charge in [0.25, 0.3) is 0 Å². The van der Waals surface area contributed by atoms with Crippen molar-refractivity contribution in [2.75, 3.05) is 11.5 Å². The van der Waals surface area contributed by atoms with Gasteiger partial charge in [-0.05, 0) is 5.56 Å². The molecule has 0 unspecified atom stereocenters. The van der Waals surface area contributed by atoms with E-state index < -0.39 is 9.84 Å². The maximum absolute atomic E-state index is 11.4. The van der Waals surface area contributed by atoms with Gasteiger partial charge in [0, 0.05) is 17.5 Å². The molecule has 0 aliphatic rings. The maximum Gasteiger partial charge on any atom is 0.151 e. The Bertz CT molecular complexity index is 603. The molecule has 0 atom stereocenters. The molecule has 2 rings (SSSR count). The second kappa shape index (κ2) is 5.35. The lowest BCUT2D eigenvalue weighted by molar-refractivity contribution is 0.582. The van der Waals surface area contributed by atoms with Crippen LogP contribution in [-0.2, 0) is 16.4 Å². The molecule has 1 aromatic carbocycles. The Morgan fingerprint density at radius 1 is 1.17 bits per heavy atom. The predicted octanol–water partition coefficient (Wildman–Crippen LogP) is 1.98. The molecule has 0 bridgehead atoms. The topological polar surface area (TPSA) is 52.0 Å². The second-order valence-corrected chi connectivity index (χ2v) is 6.57. The molecule has 0 N–H and O–H groups in total. The van der Waals surface area contributed by atoms with Crippen molar-refractivity contribution in [3.05, 3.63) is 42.7 Å². The standard InChI is InChI=1S/C13H16N2O2S/c1-2-18(16,17)9-8-15-11-13(10-14-15)12-6-4-3-5-7-12/h3-7,10-11H,2,8-9H2,1H3. The van der Waals surface area contributed by atoms with Gasteiger partial charge in [0.15, 0.2) is 9.84 Å². The van der Waals surface area contributed by atoms with Crippen LogP contribution in [0.25, 0.3) is 11.1 Å². The molecular formula is C13H16N2O2S. The van der Waals surface area contributed by atoms with Crippen LogP contribution in [0, 0.1) is 0 Å². The van der Waals surface area contributed by atoms with Gasteiger partial charge in [0.1, 0.15) is 0 Å². The van der Waals surface area contributed by atoms with Crippen LogP contribution < -0.4 is 0 Å². The molecule has 5 heteroatoms. The lowest BCUT2D eigenvalue weighted by Gasteiger charge is -2.01. The molecule has 1 heterocycles. The molecule has 0 fully saturated rings. The predicted molar refractivity (Wildman–Crippen MR) is 72.0 cm³/mol. The van der Waals surface area contributed by atoms with Crippen molar-refractivity contribution < 1.29 is 8.42 Å². The van der Waals surface area contributed by atoms with E-state index in [1.54, 1.807) is 17.8 Å². The number of rotatable bonds is 5. The first-order valence-corrected chi connectivity index (χ1v) is 7.71. The van der Waals surface area contributed by atoms with Crippen LogP contribution in [0.1, 0.15) is 6.92 Å². The summed E-state index contributed by atoms with van der Waals surface area (Å²) in [6, 6.07) is 9.90. The van der Waals surface area contributed by atoms with Gasteiger partial charge >= 0.3 is 0 Å². The lowest BCUT2D eigenvalue weighted by Crippen LogP contribution is -2.14. The van der Waals surface area contributed by atoms with Crippen molar-refractivity contribution in [2.45, 2.75) is 13.5 Å². The highest BCUT2D eigenvalue weighted by atomic mass is 32.2. The van der Waals surface area contributed by atoms with Crippen molar-refractivity contribution in [2.24, 2.45) is 0 Å². The van der Waals surface area contributed by atoms with E-state index in [-0.39, 0.29) is 11.5 Å². The molecule has 2 aromatic rings. The number of nitrogens with zero attached hydrogens (tertiary/aromatic N) is 2. The summed E-state index contributed by atoms with van der Waals surface area (Å²) in [5.41, 5.74) is 2.09. The van der Waals surface area contributed by atoms with Crippen LogP contribution in [0.5, 0.6) is 0 Å². The molecule has 0 radical (unpaired) electrons. The Morgan fingerprint density at radius 3 is 2.56 bits per heavy atom. The van der Waals surface area contributed by atoms with Crippen LogP contribution in [-0.4, -0.2) is 29.7 Å². The fourth-order valence-electron chi connectivity index (χ4n) is 1.64. The zero-order valence-electron chi connectivity index (χ0n) is 10.3. The van der Waals surface area contributed by atoms with Crippen LogP contribution in [0.15, 0.2) is 42.7 Å². The number of hydrogen-bond acceptors (Lipinski definition) is 3. The Balaban J connectivity index is 2.08. The van der Waals surface area contributed by atoms with Crippen LogP contribution in [0.4, 0.5) is 0 Å². The van der Waals surface area contributed by atoms with Gasteiger partial charge in [-0.25, -0.2) is 8.42 Å². The molecule has 96 valence electrons. The maximum atomic E-state index is 11.4. The summed E-state index contributed by atoms with van der Waals surface area (Å²) in [7, 11) is -2.93. The quantitative estimate of drug-likeness (QED) is 0.829. The summed E-state index contributed by atoms with van der Waals surface area (Å²) < 4.78 is 24.5. The molecule has 0 aliphatic heterocycles. The monoisotopic (exact) mass is 264 g/mol. The molecule has 0 aliphatic carbocycles. The summed E-state index contributed by atoms with van der Waals surface area (Å²) in [6.07, 6.45) is 3.63. The fraction of sp³-hybridized carbons (Fsp3) is 0.308. The molecule has 4 nitrogen and oxygen atoms in total. The average molecular weight is 264 g/mol. The van der Waals surface area contributed by atoms with Gasteiger partial charge in [-0.15, -0.1) is 0 Å². The van der Waals surface area contributed by atoms with Crippen LogP contribution >= 0.6 is 0 Å². The molecule has 1 aromatic heterocycles. The van der Waals surface area contributed by atoms with Gasteiger partial charge in [-0.1, -0.05) is 37.3 Å². The third-order valence-corrected chi connectivity index (χ3v) is 4.50. The Kier molecular flexibility index (Phi) is 3.81.